The number of hydrogen-bond donors (Lipinski definition) is 1. The second-order valence-electron chi connectivity index (χ2n) is 6.15. The Bertz CT molecular complexity index is 1010. The molecular formula is C20H14ClF4N3O2. The Morgan fingerprint density at radius 2 is 1.90 bits per heavy atom. The molecule has 0 aliphatic carbocycles. The highest BCUT2D eigenvalue weighted by Crippen LogP contribution is 2.33. The van der Waals surface area contributed by atoms with Gasteiger partial charge < -0.3 is 10.1 Å². The van der Waals surface area contributed by atoms with Gasteiger partial charge in [-0.2, -0.15) is 13.2 Å². The van der Waals surface area contributed by atoms with Gasteiger partial charge in [-0.1, -0.05) is 29.8 Å². The van der Waals surface area contributed by atoms with Crippen molar-refractivity contribution in [3.8, 4) is 5.75 Å². The van der Waals surface area contributed by atoms with E-state index in [0.29, 0.717) is 5.56 Å². The fraction of sp³-hybridized carbons (Fsp3) is 0.150. The Kier molecular flexibility index (Phi) is 6.51. The van der Waals surface area contributed by atoms with Gasteiger partial charge in [0.15, 0.2) is 6.04 Å². The van der Waals surface area contributed by atoms with Crippen molar-refractivity contribution < 1.29 is 27.1 Å². The van der Waals surface area contributed by atoms with Crippen molar-refractivity contribution in [2.75, 3.05) is 0 Å². The molecule has 1 amide bonds. The molecule has 0 aliphatic heterocycles. The second kappa shape index (κ2) is 9.08. The number of amides is 1. The van der Waals surface area contributed by atoms with Gasteiger partial charge in [-0.05, 0) is 23.8 Å². The van der Waals surface area contributed by atoms with Crippen molar-refractivity contribution in [1.29, 1.82) is 0 Å². The predicted octanol–water partition coefficient (Wildman–Crippen LogP) is 4.88. The van der Waals surface area contributed by atoms with Gasteiger partial charge in [0.2, 0.25) is 0 Å². The van der Waals surface area contributed by atoms with Gasteiger partial charge in [-0.25, -0.2) is 9.37 Å². The molecule has 0 radical (unpaired) electrons. The third-order valence-electron chi connectivity index (χ3n) is 3.98. The molecule has 0 saturated heterocycles. The Hall–Kier alpha value is -3.20. The van der Waals surface area contributed by atoms with E-state index in [1.807, 2.05) is 5.32 Å². The third kappa shape index (κ3) is 5.44. The number of hydrogen-bond acceptors (Lipinski definition) is 4. The Balaban J connectivity index is 1.77. The summed E-state index contributed by atoms with van der Waals surface area (Å²) >= 11 is 6.00. The highest BCUT2D eigenvalue weighted by molar-refractivity contribution is 6.32. The lowest BCUT2D eigenvalue weighted by Gasteiger charge is -2.21. The van der Waals surface area contributed by atoms with Crippen LogP contribution in [0.2, 0.25) is 5.02 Å². The molecule has 10 heteroatoms. The van der Waals surface area contributed by atoms with Gasteiger partial charge in [0.05, 0.1) is 6.20 Å². The minimum atomic E-state index is -4.74. The van der Waals surface area contributed by atoms with Crippen LogP contribution in [0.5, 0.6) is 5.75 Å². The van der Waals surface area contributed by atoms with E-state index in [1.165, 1.54) is 42.6 Å². The molecule has 5 nitrogen and oxygen atoms in total. The largest absolute Gasteiger partial charge is 0.487 e. The number of benzene rings is 1. The van der Waals surface area contributed by atoms with E-state index >= 15 is 0 Å². The molecule has 1 aromatic carbocycles. The highest BCUT2D eigenvalue weighted by atomic mass is 35.5. The molecular weight excluding hydrogens is 426 g/mol. The van der Waals surface area contributed by atoms with Gasteiger partial charge in [-0.3, -0.25) is 9.78 Å². The first-order valence-electron chi connectivity index (χ1n) is 8.54. The molecule has 3 aromatic rings. The minimum Gasteiger partial charge on any atom is -0.487 e. The average molecular weight is 440 g/mol. The fourth-order valence-corrected chi connectivity index (χ4v) is 2.66. The smallest absolute Gasteiger partial charge is 0.412 e. The second-order valence-corrected chi connectivity index (χ2v) is 6.56. The summed E-state index contributed by atoms with van der Waals surface area (Å²) in [6.45, 7) is 0.00589. The number of aromatic nitrogens is 2. The van der Waals surface area contributed by atoms with Crippen molar-refractivity contribution >= 4 is 17.5 Å². The monoisotopic (exact) mass is 439 g/mol. The first-order chi connectivity index (χ1) is 14.2. The Morgan fingerprint density at radius 1 is 1.17 bits per heavy atom. The van der Waals surface area contributed by atoms with Crippen molar-refractivity contribution in [2.24, 2.45) is 0 Å². The summed E-state index contributed by atoms with van der Waals surface area (Å²) in [7, 11) is 0. The molecule has 1 N–H and O–H groups in total. The van der Waals surface area contributed by atoms with Crippen LogP contribution in [-0.2, 0) is 6.61 Å². The van der Waals surface area contributed by atoms with Gasteiger partial charge >= 0.3 is 6.18 Å². The van der Waals surface area contributed by atoms with Crippen LogP contribution in [0, 0.1) is 5.82 Å². The van der Waals surface area contributed by atoms with E-state index in [0.717, 1.165) is 18.5 Å². The van der Waals surface area contributed by atoms with E-state index in [4.69, 9.17) is 16.3 Å². The number of alkyl halides is 3. The van der Waals surface area contributed by atoms with Gasteiger partial charge in [0, 0.05) is 24.0 Å². The van der Waals surface area contributed by atoms with E-state index in [2.05, 4.69) is 9.97 Å². The predicted molar refractivity (Wildman–Crippen MR) is 100 cm³/mol. The number of nitrogens with one attached hydrogen (secondary N) is 1. The molecule has 0 saturated carbocycles. The molecule has 1 unspecified atom stereocenters. The highest BCUT2D eigenvalue weighted by Gasteiger charge is 2.42. The van der Waals surface area contributed by atoms with Crippen LogP contribution in [0.15, 0.2) is 61.1 Å². The Morgan fingerprint density at radius 3 is 2.53 bits per heavy atom. The first kappa shape index (κ1) is 21.5. The molecule has 2 heterocycles. The van der Waals surface area contributed by atoms with Gasteiger partial charge in [-0.15, -0.1) is 0 Å². The molecule has 156 valence electrons. The average Bonchev–Trinajstić information content (AvgIpc) is 2.72. The molecule has 1 atom stereocenters. The summed E-state index contributed by atoms with van der Waals surface area (Å²) in [5.41, 5.74) is 0.0933. The summed E-state index contributed by atoms with van der Waals surface area (Å²) in [6, 6.07) is 6.92. The number of carbonyl (C=O) groups is 1. The maximum absolute atomic E-state index is 13.4. The standard InChI is InChI=1S/C20H14ClF4N3O2/c21-15-10-27-16(8-17(15)30-11-12-3-5-14(22)6-4-12)19(29)28-18(20(23,24)25)13-2-1-7-26-9-13/h1-10,18H,11H2,(H,28,29). The topological polar surface area (TPSA) is 64.1 Å². The third-order valence-corrected chi connectivity index (χ3v) is 4.26. The number of pyridine rings is 2. The van der Waals surface area contributed by atoms with Crippen LogP contribution in [0.3, 0.4) is 0 Å². The van der Waals surface area contributed by atoms with Crippen LogP contribution in [-0.4, -0.2) is 22.1 Å². The van der Waals surface area contributed by atoms with E-state index in [-0.39, 0.29) is 28.6 Å². The lowest BCUT2D eigenvalue weighted by molar-refractivity contribution is -0.155. The van der Waals surface area contributed by atoms with E-state index in [1.54, 1.807) is 0 Å². The van der Waals surface area contributed by atoms with E-state index < -0.39 is 23.9 Å². The van der Waals surface area contributed by atoms with Crippen LogP contribution >= 0.6 is 11.6 Å². The Labute approximate surface area is 173 Å². The molecule has 30 heavy (non-hydrogen) atoms. The van der Waals surface area contributed by atoms with Gasteiger partial charge in [0.1, 0.15) is 28.9 Å². The number of halogens is 5. The first-order valence-corrected chi connectivity index (χ1v) is 8.92. The molecule has 0 fully saturated rings. The van der Waals surface area contributed by atoms with Crippen molar-refractivity contribution in [3.05, 3.63) is 88.7 Å². The number of rotatable bonds is 6. The van der Waals surface area contributed by atoms with Crippen molar-refractivity contribution in [3.63, 3.8) is 0 Å². The fourth-order valence-electron chi connectivity index (χ4n) is 2.50. The summed E-state index contributed by atoms with van der Waals surface area (Å²) in [6.07, 6.45) is -1.30. The van der Waals surface area contributed by atoms with Crippen molar-refractivity contribution in [1.82, 2.24) is 15.3 Å². The summed E-state index contributed by atoms with van der Waals surface area (Å²) in [5.74, 6) is -1.43. The van der Waals surface area contributed by atoms with E-state index in [9.17, 15) is 22.4 Å². The summed E-state index contributed by atoms with van der Waals surface area (Å²) in [5, 5.41) is 1.97. The normalized spacial score (nSPS) is 12.3. The summed E-state index contributed by atoms with van der Waals surface area (Å²) < 4.78 is 58.8. The minimum absolute atomic E-state index is 0.00589. The quantitative estimate of drug-likeness (QED) is 0.556. The molecule has 3 rings (SSSR count). The summed E-state index contributed by atoms with van der Waals surface area (Å²) in [4.78, 5) is 19.8. The molecule has 0 spiro atoms. The van der Waals surface area contributed by atoms with Crippen LogP contribution < -0.4 is 10.1 Å². The zero-order valence-corrected chi connectivity index (χ0v) is 15.9. The molecule has 2 aromatic heterocycles. The lowest BCUT2D eigenvalue weighted by Crippen LogP contribution is -2.38. The zero-order chi connectivity index (χ0) is 21.7. The van der Waals surface area contributed by atoms with Gasteiger partial charge in [0.25, 0.3) is 5.91 Å². The van der Waals surface area contributed by atoms with Crippen molar-refractivity contribution in [2.45, 2.75) is 18.8 Å². The van der Waals surface area contributed by atoms with Crippen LogP contribution in [0.25, 0.3) is 0 Å². The number of ether oxygens (including phenoxy) is 1. The van der Waals surface area contributed by atoms with Crippen LogP contribution in [0.4, 0.5) is 17.6 Å². The lowest BCUT2D eigenvalue weighted by atomic mass is 10.1. The van der Waals surface area contributed by atoms with Crippen LogP contribution in [0.1, 0.15) is 27.7 Å². The molecule has 0 aliphatic rings. The number of carbonyl (C=O) groups excluding carboxylic acids is 1. The zero-order valence-electron chi connectivity index (χ0n) is 15.2. The maximum atomic E-state index is 13.4. The SMILES string of the molecule is O=C(NC(c1cccnc1)C(F)(F)F)c1cc(OCc2ccc(F)cc2)c(Cl)cn1. The number of nitrogens with zero attached hydrogens (tertiary/aromatic N) is 2. The maximum Gasteiger partial charge on any atom is 0.412 e. The molecule has 0 bridgehead atoms.